The molecule has 1 amide bonds. The minimum Gasteiger partial charge on any atom is -0.494 e. The van der Waals surface area contributed by atoms with Crippen molar-refractivity contribution in [3.8, 4) is 28.7 Å². The Morgan fingerprint density at radius 2 is 1.86 bits per heavy atom. The first-order valence-electron chi connectivity index (χ1n) is 11.4. The summed E-state index contributed by atoms with van der Waals surface area (Å²) in [7, 11) is 1.28. The van der Waals surface area contributed by atoms with Crippen molar-refractivity contribution in [1.82, 2.24) is 0 Å². The molecule has 2 N–H and O–H groups in total. The van der Waals surface area contributed by atoms with Crippen LogP contribution in [-0.2, 0) is 16.8 Å². The van der Waals surface area contributed by atoms with E-state index in [2.05, 4.69) is 0 Å². The number of methoxy groups -OCH3 is 1. The lowest BCUT2D eigenvalue weighted by molar-refractivity contribution is -0.101. The van der Waals surface area contributed by atoms with E-state index in [1.807, 2.05) is 32.9 Å². The summed E-state index contributed by atoms with van der Waals surface area (Å²) in [5.74, 6) is -1.79. The number of carbonyl (C=O) groups excluding carboxylic acids is 1. The number of fused-ring (bicyclic) bond motifs is 1. The van der Waals surface area contributed by atoms with Crippen molar-refractivity contribution < 1.29 is 27.8 Å². The molecule has 0 radical (unpaired) electrons. The Morgan fingerprint density at radius 3 is 2.43 bits per heavy atom. The van der Waals surface area contributed by atoms with Gasteiger partial charge in [-0.25, -0.2) is 13.6 Å². The molecule has 2 atom stereocenters. The highest BCUT2D eigenvalue weighted by molar-refractivity contribution is 6.34. The van der Waals surface area contributed by atoms with Gasteiger partial charge in [-0.1, -0.05) is 62.7 Å². The van der Waals surface area contributed by atoms with Crippen LogP contribution in [0.25, 0.3) is 11.1 Å². The molecule has 1 aliphatic rings. The molecule has 0 aliphatic carbocycles. The predicted octanol–water partition coefficient (Wildman–Crippen LogP) is 6.51. The van der Waals surface area contributed by atoms with E-state index in [-0.39, 0.29) is 39.6 Å². The first-order chi connectivity index (χ1) is 17.4. The molecule has 0 aromatic heterocycles. The number of amides is 1. The molecule has 0 fully saturated rings. The lowest BCUT2D eigenvalue weighted by Crippen LogP contribution is -2.53. The van der Waals surface area contributed by atoms with Crippen LogP contribution in [-0.4, -0.2) is 19.3 Å². The number of ether oxygens (including phenoxy) is 3. The number of nitrogens with two attached hydrogens (primary N) is 1. The van der Waals surface area contributed by atoms with Crippen LogP contribution in [0.4, 0.5) is 13.6 Å². The van der Waals surface area contributed by atoms with Crippen molar-refractivity contribution in [3.63, 3.8) is 0 Å². The average Bonchev–Trinajstić information content (AvgIpc) is 3.23. The second-order valence-electron chi connectivity index (χ2n) is 9.86. The van der Waals surface area contributed by atoms with Gasteiger partial charge in [0.25, 0.3) is 0 Å². The number of hydrogen-bond donors (Lipinski definition) is 1. The number of halogens is 3. The van der Waals surface area contributed by atoms with Gasteiger partial charge in [0.15, 0.2) is 23.3 Å². The Hall–Kier alpha value is -3.83. The largest absolute Gasteiger partial charge is 0.494 e. The third-order valence-electron chi connectivity index (χ3n) is 6.42. The number of hydrogen-bond acceptors (Lipinski definition) is 5. The van der Waals surface area contributed by atoms with E-state index in [1.165, 1.54) is 19.2 Å². The zero-order chi connectivity index (χ0) is 27.1. The van der Waals surface area contributed by atoms with Crippen molar-refractivity contribution in [2.75, 3.05) is 7.11 Å². The molecule has 3 aromatic carbocycles. The molecule has 1 aliphatic heterocycles. The second-order valence-corrected chi connectivity index (χ2v) is 10.2. The highest BCUT2D eigenvalue weighted by atomic mass is 35.5. The van der Waals surface area contributed by atoms with Crippen molar-refractivity contribution >= 4 is 17.7 Å². The Bertz CT molecular complexity index is 1420. The summed E-state index contributed by atoms with van der Waals surface area (Å²) in [5.41, 5.74) is 4.06. The van der Waals surface area contributed by atoms with E-state index in [9.17, 15) is 10.1 Å². The van der Waals surface area contributed by atoms with Gasteiger partial charge in [0, 0.05) is 34.6 Å². The molecule has 6 nitrogen and oxygen atoms in total. The number of carbonyl (C=O) groups is 1. The maximum Gasteiger partial charge on any atom is 0.404 e. The zero-order valence-corrected chi connectivity index (χ0v) is 21.5. The molecule has 0 saturated heterocycles. The monoisotopic (exact) mass is 526 g/mol. The first-order valence-corrected chi connectivity index (χ1v) is 11.8. The second kappa shape index (κ2) is 9.56. The third kappa shape index (κ3) is 4.44. The van der Waals surface area contributed by atoms with Crippen molar-refractivity contribution in [3.05, 3.63) is 81.9 Å². The fourth-order valence-corrected chi connectivity index (χ4v) is 5.24. The number of primary amides is 1. The van der Waals surface area contributed by atoms with Gasteiger partial charge in [0.1, 0.15) is 11.6 Å². The summed E-state index contributed by atoms with van der Waals surface area (Å²) >= 11 is 6.45. The Morgan fingerprint density at radius 1 is 1.19 bits per heavy atom. The smallest absolute Gasteiger partial charge is 0.404 e. The standard InChI is InChI=1S/C28H25ClF2N2O4/c1-27(2,3)25(36-26(33)34)28(16-8-6-5-7-9-16)13-17-20(37-28)12-18(30)23(29)22(17)21-15(14-32)10-11-19(35-4)24(21)31/h5-12,25H,13H2,1-4H3,(H2,33,34)/t25-,28-/m0/s1. The molecule has 0 spiro atoms. The van der Waals surface area contributed by atoms with Crippen molar-refractivity contribution in [2.24, 2.45) is 11.1 Å². The quantitative estimate of drug-likeness (QED) is 0.409. The summed E-state index contributed by atoms with van der Waals surface area (Å²) in [6, 6.07) is 14.7. The fraction of sp³-hybridized carbons (Fsp3) is 0.286. The number of nitrogens with zero attached hydrogens (tertiary/aromatic N) is 1. The molecule has 4 rings (SSSR count). The Kier molecular flexibility index (Phi) is 6.78. The number of benzene rings is 3. The minimum absolute atomic E-state index is 0.0123. The van der Waals surface area contributed by atoms with Crippen LogP contribution in [0.15, 0.2) is 48.5 Å². The maximum atomic E-state index is 15.6. The van der Waals surface area contributed by atoms with Crippen LogP contribution >= 0.6 is 11.6 Å². The van der Waals surface area contributed by atoms with Gasteiger partial charge < -0.3 is 19.9 Å². The topological polar surface area (TPSA) is 94.6 Å². The van der Waals surface area contributed by atoms with E-state index in [0.717, 1.165) is 6.07 Å². The molecule has 37 heavy (non-hydrogen) atoms. The lowest BCUT2D eigenvalue weighted by atomic mass is 9.72. The molecule has 0 bridgehead atoms. The molecule has 1 heterocycles. The summed E-state index contributed by atoms with van der Waals surface area (Å²) in [6.45, 7) is 5.55. The summed E-state index contributed by atoms with van der Waals surface area (Å²) in [5, 5.41) is 9.38. The fourth-order valence-electron chi connectivity index (χ4n) is 4.98. The van der Waals surface area contributed by atoms with Gasteiger partial charge >= 0.3 is 6.09 Å². The zero-order valence-electron chi connectivity index (χ0n) is 20.7. The van der Waals surface area contributed by atoms with Gasteiger partial charge in [0.2, 0.25) is 0 Å². The van der Waals surface area contributed by atoms with Crippen molar-refractivity contribution in [2.45, 2.75) is 38.9 Å². The maximum absolute atomic E-state index is 15.6. The Labute approximate surface area is 218 Å². The SMILES string of the molecule is COc1ccc(C#N)c(-c2c(Cl)c(F)cc3c2C[C@](c2ccccc2)([C@@H](OC(N)=O)C(C)(C)C)O3)c1F. The molecular weight excluding hydrogens is 502 g/mol. The van der Waals surface area contributed by atoms with E-state index in [1.54, 1.807) is 24.3 Å². The lowest BCUT2D eigenvalue weighted by Gasteiger charge is -2.43. The van der Waals surface area contributed by atoms with Crippen molar-refractivity contribution in [1.29, 1.82) is 5.26 Å². The first kappa shape index (κ1) is 26.2. The molecule has 192 valence electrons. The van der Waals surface area contributed by atoms with Crippen LogP contribution in [0, 0.1) is 28.4 Å². The van der Waals surface area contributed by atoms with Crippen LogP contribution in [0.5, 0.6) is 11.5 Å². The van der Waals surface area contributed by atoms with Gasteiger partial charge in [0.05, 0.1) is 23.8 Å². The van der Waals surface area contributed by atoms with Gasteiger partial charge in [-0.15, -0.1) is 0 Å². The van der Waals surface area contributed by atoms with Crippen LogP contribution in [0.2, 0.25) is 5.02 Å². The van der Waals surface area contributed by atoms with Crippen LogP contribution < -0.4 is 15.2 Å². The number of rotatable bonds is 5. The van der Waals surface area contributed by atoms with E-state index >= 15 is 8.78 Å². The predicted molar refractivity (Wildman–Crippen MR) is 134 cm³/mol. The molecule has 0 saturated carbocycles. The van der Waals surface area contributed by atoms with Gasteiger partial charge in [-0.2, -0.15) is 5.26 Å². The van der Waals surface area contributed by atoms with E-state index < -0.39 is 34.8 Å². The third-order valence-corrected chi connectivity index (χ3v) is 6.79. The van der Waals surface area contributed by atoms with E-state index in [0.29, 0.717) is 11.1 Å². The minimum atomic E-state index is -1.37. The molecule has 3 aromatic rings. The Balaban J connectivity index is 2.05. The highest BCUT2D eigenvalue weighted by Crippen LogP contribution is 2.54. The normalized spacial score (nSPS) is 17.4. The average molecular weight is 527 g/mol. The van der Waals surface area contributed by atoms with Crippen LogP contribution in [0.1, 0.15) is 37.5 Å². The molecule has 0 unspecified atom stereocenters. The summed E-state index contributed by atoms with van der Waals surface area (Å²) < 4.78 is 48.1. The number of nitriles is 1. The van der Waals surface area contributed by atoms with Gasteiger partial charge in [-0.3, -0.25) is 0 Å². The summed E-state index contributed by atoms with van der Waals surface area (Å²) in [6.07, 6.45) is -1.95. The van der Waals surface area contributed by atoms with Crippen LogP contribution in [0.3, 0.4) is 0 Å². The van der Waals surface area contributed by atoms with Gasteiger partial charge in [-0.05, 0) is 17.7 Å². The summed E-state index contributed by atoms with van der Waals surface area (Å²) in [4.78, 5) is 12.0. The van der Waals surface area contributed by atoms with E-state index in [4.69, 9.17) is 31.5 Å². The highest BCUT2D eigenvalue weighted by Gasteiger charge is 2.55. The molecular formula is C28H25ClF2N2O4. The molecule has 9 heteroatoms.